The van der Waals surface area contributed by atoms with Gasteiger partial charge in [-0.2, -0.15) is 0 Å². The predicted octanol–water partition coefficient (Wildman–Crippen LogP) is 3.31. The van der Waals surface area contributed by atoms with Crippen LogP contribution in [-0.2, 0) is 17.1 Å². The van der Waals surface area contributed by atoms with Crippen molar-refractivity contribution in [2.45, 2.75) is 45.1 Å². The Hall–Kier alpha value is -2.78. The van der Waals surface area contributed by atoms with E-state index in [9.17, 15) is 8.42 Å². The predicted molar refractivity (Wildman–Crippen MR) is 114 cm³/mol. The second-order valence-electron chi connectivity index (χ2n) is 7.92. The number of hydrogen-bond donors (Lipinski definition) is 2. The Morgan fingerprint density at radius 2 is 1.66 bits per heavy atom. The first-order valence-electron chi connectivity index (χ1n) is 9.21. The molecule has 2 heterocycles. The average Bonchev–Trinajstić information content (AvgIpc) is 2.86. The molecule has 3 aromatic rings. The second kappa shape index (κ2) is 7.57. The molecule has 0 saturated carbocycles. The van der Waals surface area contributed by atoms with E-state index in [1.807, 2.05) is 31.5 Å². The van der Waals surface area contributed by atoms with Gasteiger partial charge >= 0.3 is 0 Å². The number of benzene rings is 1. The summed E-state index contributed by atoms with van der Waals surface area (Å²) in [5.41, 5.74) is 2.73. The number of sulfonamides is 1. The first-order valence-corrected chi connectivity index (χ1v) is 10.7. The van der Waals surface area contributed by atoms with E-state index in [1.165, 1.54) is 0 Å². The topological polar surface area (TPSA) is 102 Å². The monoisotopic (exact) mass is 414 g/mol. The van der Waals surface area contributed by atoms with Crippen LogP contribution in [-0.4, -0.2) is 33.5 Å². The van der Waals surface area contributed by atoms with Crippen LogP contribution < -0.4 is 10.0 Å². The van der Waals surface area contributed by atoms with Crippen LogP contribution in [0.1, 0.15) is 32.3 Å². The van der Waals surface area contributed by atoms with Crippen LogP contribution in [0.5, 0.6) is 0 Å². The van der Waals surface area contributed by atoms with Crippen LogP contribution in [0.25, 0.3) is 11.4 Å². The van der Waals surface area contributed by atoms with Gasteiger partial charge in [-0.3, -0.25) is 0 Å². The highest BCUT2D eigenvalue weighted by atomic mass is 32.2. The minimum atomic E-state index is -3.58. The third kappa shape index (κ3) is 4.80. The molecule has 0 atom stereocenters. The zero-order valence-corrected chi connectivity index (χ0v) is 18.3. The Labute approximate surface area is 171 Å². The standard InChI is InChI=1S/C20H26N6O2S/c1-13-18(26(6)14(2)22-13)17-11-12-21-19(24-17)23-15-7-9-16(10-8-15)29(27,28)25-20(3,4)5/h7-12,25H,1-6H3,(H,21,23,24). The van der Waals surface area contributed by atoms with E-state index in [0.29, 0.717) is 11.6 Å². The molecule has 0 radical (unpaired) electrons. The number of rotatable bonds is 5. The molecule has 3 rings (SSSR count). The minimum Gasteiger partial charge on any atom is -0.330 e. The first kappa shape index (κ1) is 20.9. The van der Waals surface area contributed by atoms with Crippen molar-refractivity contribution in [2.75, 3.05) is 5.32 Å². The molecule has 0 unspecified atom stereocenters. The van der Waals surface area contributed by atoms with E-state index in [-0.39, 0.29) is 4.90 Å². The fraction of sp³-hybridized carbons (Fsp3) is 0.350. The van der Waals surface area contributed by atoms with Gasteiger partial charge < -0.3 is 9.88 Å². The van der Waals surface area contributed by atoms with Gasteiger partial charge in [0.25, 0.3) is 0 Å². The second-order valence-corrected chi connectivity index (χ2v) is 9.60. The van der Waals surface area contributed by atoms with E-state index in [1.54, 1.807) is 51.2 Å². The summed E-state index contributed by atoms with van der Waals surface area (Å²) < 4.78 is 29.5. The molecule has 0 aliphatic heterocycles. The van der Waals surface area contributed by atoms with E-state index >= 15 is 0 Å². The summed E-state index contributed by atoms with van der Waals surface area (Å²) in [7, 11) is -1.63. The Balaban J connectivity index is 1.83. The number of aromatic nitrogens is 4. The van der Waals surface area contributed by atoms with Crippen LogP contribution >= 0.6 is 0 Å². The highest BCUT2D eigenvalue weighted by Crippen LogP contribution is 2.24. The fourth-order valence-corrected chi connectivity index (χ4v) is 4.41. The number of aryl methyl sites for hydroxylation is 2. The summed E-state index contributed by atoms with van der Waals surface area (Å²) in [5.74, 6) is 1.33. The number of hydrogen-bond acceptors (Lipinski definition) is 6. The molecular weight excluding hydrogens is 388 g/mol. The van der Waals surface area contributed by atoms with E-state index in [2.05, 4.69) is 25.0 Å². The smallest absolute Gasteiger partial charge is 0.241 e. The maximum Gasteiger partial charge on any atom is 0.241 e. The van der Waals surface area contributed by atoms with E-state index < -0.39 is 15.6 Å². The van der Waals surface area contributed by atoms with Crippen LogP contribution in [0.15, 0.2) is 41.4 Å². The van der Waals surface area contributed by atoms with Gasteiger partial charge in [0.2, 0.25) is 16.0 Å². The summed E-state index contributed by atoms with van der Waals surface area (Å²) in [6.07, 6.45) is 1.68. The van der Waals surface area contributed by atoms with Crippen LogP contribution in [0, 0.1) is 13.8 Å². The third-order valence-electron chi connectivity index (χ3n) is 4.25. The maximum atomic E-state index is 12.4. The molecule has 2 aromatic heterocycles. The SMILES string of the molecule is Cc1nc(C)n(C)c1-c1ccnc(Nc2ccc(S(=O)(=O)NC(C)(C)C)cc2)n1. The summed E-state index contributed by atoms with van der Waals surface area (Å²) in [6.45, 7) is 9.30. The van der Waals surface area contributed by atoms with Crippen LogP contribution in [0.3, 0.4) is 0 Å². The van der Waals surface area contributed by atoms with Crippen molar-refractivity contribution in [3.8, 4) is 11.4 Å². The molecule has 29 heavy (non-hydrogen) atoms. The molecule has 0 bridgehead atoms. The fourth-order valence-electron chi connectivity index (χ4n) is 2.99. The molecule has 0 fully saturated rings. The van der Waals surface area contributed by atoms with Crippen molar-refractivity contribution >= 4 is 21.7 Å². The van der Waals surface area contributed by atoms with Gasteiger partial charge in [-0.05, 0) is 65.0 Å². The molecular formula is C20H26N6O2S. The van der Waals surface area contributed by atoms with Gasteiger partial charge in [-0.15, -0.1) is 0 Å². The molecule has 0 aliphatic rings. The molecule has 0 aliphatic carbocycles. The van der Waals surface area contributed by atoms with Gasteiger partial charge in [0.1, 0.15) is 5.82 Å². The lowest BCUT2D eigenvalue weighted by atomic mass is 10.1. The van der Waals surface area contributed by atoms with Gasteiger partial charge in [0.15, 0.2) is 0 Å². The molecule has 0 spiro atoms. The largest absolute Gasteiger partial charge is 0.330 e. The number of nitrogens with one attached hydrogen (secondary N) is 2. The molecule has 9 heteroatoms. The van der Waals surface area contributed by atoms with Gasteiger partial charge in [0, 0.05) is 24.5 Å². The maximum absolute atomic E-state index is 12.4. The van der Waals surface area contributed by atoms with Crippen molar-refractivity contribution in [1.82, 2.24) is 24.2 Å². The van der Waals surface area contributed by atoms with E-state index in [4.69, 9.17) is 0 Å². The number of imidazole rings is 1. The van der Waals surface area contributed by atoms with Crippen molar-refractivity contribution in [1.29, 1.82) is 0 Å². The van der Waals surface area contributed by atoms with Crippen LogP contribution in [0.4, 0.5) is 11.6 Å². The summed E-state index contributed by atoms with van der Waals surface area (Å²) in [6, 6.07) is 8.31. The van der Waals surface area contributed by atoms with Gasteiger partial charge in [0.05, 0.1) is 22.0 Å². The lowest BCUT2D eigenvalue weighted by Crippen LogP contribution is -2.40. The molecule has 154 valence electrons. The number of nitrogens with zero attached hydrogens (tertiary/aromatic N) is 4. The zero-order valence-electron chi connectivity index (χ0n) is 17.5. The van der Waals surface area contributed by atoms with Crippen molar-refractivity contribution < 1.29 is 8.42 Å². The summed E-state index contributed by atoms with van der Waals surface area (Å²) >= 11 is 0. The Morgan fingerprint density at radius 3 is 2.21 bits per heavy atom. The van der Waals surface area contributed by atoms with E-state index in [0.717, 1.165) is 22.9 Å². The Kier molecular flexibility index (Phi) is 5.46. The molecule has 8 nitrogen and oxygen atoms in total. The summed E-state index contributed by atoms with van der Waals surface area (Å²) in [4.78, 5) is 13.5. The normalized spacial score (nSPS) is 12.2. The highest BCUT2D eigenvalue weighted by molar-refractivity contribution is 7.89. The molecule has 2 N–H and O–H groups in total. The third-order valence-corrected chi connectivity index (χ3v) is 6.03. The van der Waals surface area contributed by atoms with Crippen molar-refractivity contribution in [3.63, 3.8) is 0 Å². The minimum absolute atomic E-state index is 0.202. The highest BCUT2D eigenvalue weighted by Gasteiger charge is 2.21. The van der Waals surface area contributed by atoms with Crippen molar-refractivity contribution in [3.05, 3.63) is 48.0 Å². The summed E-state index contributed by atoms with van der Waals surface area (Å²) in [5, 5.41) is 3.12. The lowest BCUT2D eigenvalue weighted by Gasteiger charge is -2.20. The van der Waals surface area contributed by atoms with Crippen LogP contribution in [0.2, 0.25) is 0 Å². The Morgan fingerprint density at radius 1 is 1.00 bits per heavy atom. The molecule has 0 saturated heterocycles. The molecule has 1 aromatic carbocycles. The lowest BCUT2D eigenvalue weighted by molar-refractivity contribution is 0.491. The van der Waals surface area contributed by atoms with Gasteiger partial charge in [-0.25, -0.2) is 28.1 Å². The number of anilines is 2. The van der Waals surface area contributed by atoms with Crippen molar-refractivity contribution in [2.24, 2.45) is 7.05 Å². The average molecular weight is 415 g/mol. The Bertz CT molecular complexity index is 1130. The zero-order chi connectivity index (χ0) is 21.4. The first-order chi connectivity index (χ1) is 13.5. The quantitative estimate of drug-likeness (QED) is 0.664. The molecule has 0 amide bonds. The van der Waals surface area contributed by atoms with Gasteiger partial charge in [-0.1, -0.05) is 0 Å².